The molecule has 1 aromatic heterocycles. The molecule has 0 unspecified atom stereocenters. The Hall–Kier alpha value is -2.63. The monoisotopic (exact) mass is 229 g/mol. The van der Waals surface area contributed by atoms with Gasteiger partial charge in [0.15, 0.2) is 0 Å². The highest BCUT2D eigenvalue weighted by Gasteiger charge is 2.00. The van der Waals surface area contributed by atoms with Crippen molar-refractivity contribution < 1.29 is 4.79 Å². The van der Waals surface area contributed by atoms with Crippen LogP contribution in [0.2, 0.25) is 0 Å². The summed E-state index contributed by atoms with van der Waals surface area (Å²) in [5, 5.41) is 3.02. The molecule has 0 atom stereocenters. The van der Waals surface area contributed by atoms with Crippen molar-refractivity contribution in [3.05, 3.63) is 42.2 Å². The van der Waals surface area contributed by atoms with E-state index >= 15 is 0 Å². The van der Waals surface area contributed by atoms with Crippen molar-refractivity contribution in [1.29, 1.82) is 0 Å². The Morgan fingerprint density at radius 2 is 1.82 bits per heavy atom. The van der Waals surface area contributed by atoms with Gasteiger partial charge in [0.2, 0.25) is 5.91 Å². The molecule has 6 heteroatoms. The number of hydrogen-bond acceptors (Lipinski definition) is 5. The Morgan fingerprint density at radius 3 is 2.35 bits per heavy atom. The third-order valence-corrected chi connectivity index (χ3v) is 2.11. The van der Waals surface area contributed by atoms with Crippen molar-refractivity contribution in [1.82, 2.24) is 9.97 Å². The summed E-state index contributed by atoms with van der Waals surface area (Å²) < 4.78 is 0. The van der Waals surface area contributed by atoms with Gasteiger partial charge < -0.3 is 16.8 Å². The van der Waals surface area contributed by atoms with Crippen LogP contribution in [0.15, 0.2) is 36.7 Å². The molecule has 2 aromatic rings. The maximum Gasteiger partial charge on any atom is 0.248 e. The lowest BCUT2D eigenvalue weighted by Gasteiger charge is -2.05. The van der Waals surface area contributed by atoms with Gasteiger partial charge in [0, 0.05) is 11.3 Å². The second-order valence-corrected chi connectivity index (χ2v) is 3.39. The van der Waals surface area contributed by atoms with Crippen LogP contribution < -0.4 is 16.8 Å². The summed E-state index contributed by atoms with van der Waals surface area (Å²) in [7, 11) is 0. The highest BCUT2D eigenvalue weighted by atomic mass is 16.1. The molecule has 0 aliphatic carbocycles. The summed E-state index contributed by atoms with van der Waals surface area (Å²) in [5.74, 6) is 0.481. The molecule has 0 saturated carbocycles. The summed E-state index contributed by atoms with van der Waals surface area (Å²) >= 11 is 0. The van der Waals surface area contributed by atoms with Crippen LogP contribution in [-0.2, 0) is 0 Å². The zero-order chi connectivity index (χ0) is 12.3. The van der Waals surface area contributed by atoms with Crippen molar-refractivity contribution in [2.45, 2.75) is 0 Å². The average Bonchev–Trinajstić information content (AvgIpc) is 2.33. The lowest BCUT2D eigenvalue weighted by atomic mass is 10.2. The van der Waals surface area contributed by atoms with Crippen LogP contribution in [-0.4, -0.2) is 15.9 Å². The normalized spacial score (nSPS) is 9.88. The van der Waals surface area contributed by atoms with E-state index in [9.17, 15) is 4.79 Å². The van der Waals surface area contributed by atoms with Gasteiger partial charge in [-0.05, 0) is 24.3 Å². The van der Waals surface area contributed by atoms with E-state index in [0.717, 1.165) is 5.69 Å². The number of nitrogens with one attached hydrogen (secondary N) is 1. The predicted molar refractivity (Wildman–Crippen MR) is 64.7 cm³/mol. The number of nitrogens with zero attached hydrogens (tertiary/aromatic N) is 2. The Bertz CT molecular complexity index is 521. The standard InChI is InChI=1S/C11H11N5O/c12-9-5-15-10(6-14-9)16-8-3-1-7(2-4-8)11(13)17/h1-6H,(H2,12,14)(H2,13,17)(H,15,16). The molecule has 0 saturated heterocycles. The first-order chi connectivity index (χ1) is 8.15. The summed E-state index contributed by atoms with van der Waals surface area (Å²) in [6.45, 7) is 0. The van der Waals surface area contributed by atoms with Gasteiger partial charge in [-0.1, -0.05) is 0 Å². The van der Waals surface area contributed by atoms with Crippen LogP contribution in [0.5, 0.6) is 0 Å². The van der Waals surface area contributed by atoms with E-state index in [-0.39, 0.29) is 0 Å². The summed E-state index contributed by atoms with van der Waals surface area (Å²) in [5.41, 5.74) is 11.8. The van der Waals surface area contributed by atoms with Gasteiger partial charge in [-0.25, -0.2) is 9.97 Å². The molecule has 17 heavy (non-hydrogen) atoms. The van der Waals surface area contributed by atoms with Gasteiger partial charge in [-0.15, -0.1) is 0 Å². The first kappa shape index (κ1) is 10.9. The smallest absolute Gasteiger partial charge is 0.248 e. The third-order valence-electron chi connectivity index (χ3n) is 2.11. The summed E-state index contributed by atoms with van der Waals surface area (Å²) in [6, 6.07) is 6.74. The SMILES string of the molecule is NC(=O)c1ccc(Nc2cnc(N)cn2)cc1. The molecule has 0 radical (unpaired) electrons. The number of carbonyl (C=O) groups excluding carboxylic acids is 1. The van der Waals surface area contributed by atoms with Crippen LogP contribution in [0.1, 0.15) is 10.4 Å². The Kier molecular flexibility index (Phi) is 2.87. The van der Waals surface area contributed by atoms with Gasteiger partial charge in [-0.3, -0.25) is 4.79 Å². The minimum Gasteiger partial charge on any atom is -0.382 e. The number of anilines is 3. The first-order valence-corrected chi connectivity index (χ1v) is 4.89. The molecule has 0 aliphatic rings. The highest BCUT2D eigenvalue weighted by molar-refractivity contribution is 5.93. The minimum absolute atomic E-state index is 0.361. The number of hydrogen-bond donors (Lipinski definition) is 3. The third kappa shape index (κ3) is 2.69. The van der Waals surface area contributed by atoms with Gasteiger partial charge in [0.25, 0.3) is 0 Å². The maximum atomic E-state index is 10.9. The molecule has 1 amide bonds. The number of primary amides is 1. The lowest BCUT2D eigenvalue weighted by Crippen LogP contribution is -2.10. The van der Waals surface area contributed by atoms with Gasteiger partial charge in [0.05, 0.1) is 12.4 Å². The van der Waals surface area contributed by atoms with Crippen molar-refractivity contribution in [2.24, 2.45) is 5.73 Å². The molecule has 0 bridgehead atoms. The molecule has 86 valence electrons. The number of carbonyl (C=O) groups is 1. The maximum absolute atomic E-state index is 10.9. The van der Waals surface area contributed by atoms with E-state index in [0.29, 0.717) is 17.2 Å². The molecule has 5 N–H and O–H groups in total. The van der Waals surface area contributed by atoms with Crippen molar-refractivity contribution in [3.8, 4) is 0 Å². The van der Waals surface area contributed by atoms with Crippen molar-refractivity contribution in [2.75, 3.05) is 11.1 Å². The summed E-state index contributed by atoms with van der Waals surface area (Å²) in [6.07, 6.45) is 2.98. The summed E-state index contributed by atoms with van der Waals surface area (Å²) in [4.78, 5) is 18.8. The second-order valence-electron chi connectivity index (χ2n) is 3.39. The van der Waals surface area contributed by atoms with E-state index in [4.69, 9.17) is 11.5 Å². The van der Waals surface area contributed by atoms with E-state index in [1.807, 2.05) is 0 Å². The lowest BCUT2D eigenvalue weighted by molar-refractivity contribution is 0.100. The molecular formula is C11H11N5O. The molecular weight excluding hydrogens is 218 g/mol. The number of aromatic nitrogens is 2. The Morgan fingerprint density at radius 1 is 1.12 bits per heavy atom. The number of nitrogen functional groups attached to an aromatic ring is 1. The quantitative estimate of drug-likeness (QED) is 0.724. The average molecular weight is 229 g/mol. The second kappa shape index (κ2) is 4.48. The highest BCUT2D eigenvalue weighted by Crippen LogP contribution is 2.14. The van der Waals surface area contributed by atoms with Crippen LogP contribution in [0.4, 0.5) is 17.3 Å². The minimum atomic E-state index is -0.455. The van der Waals surface area contributed by atoms with Gasteiger partial charge >= 0.3 is 0 Å². The topological polar surface area (TPSA) is 107 Å². The van der Waals surface area contributed by atoms with Crippen LogP contribution >= 0.6 is 0 Å². The fraction of sp³-hybridized carbons (Fsp3) is 0. The number of amides is 1. The number of benzene rings is 1. The predicted octanol–water partition coefficient (Wildman–Crippen LogP) is 0.901. The number of rotatable bonds is 3. The van der Waals surface area contributed by atoms with Crippen LogP contribution in [0.25, 0.3) is 0 Å². The first-order valence-electron chi connectivity index (χ1n) is 4.89. The fourth-order valence-electron chi connectivity index (χ4n) is 1.27. The molecule has 2 rings (SSSR count). The zero-order valence-electron chi connectivity index (χ0n) is 8.92. The van der Waals surface area contributed by atoms with Crippen molar-refractivity contribution in [3.63, 3.8) is 0 Å². The molecule has 1 aromatic carbocycles. The fourth-order valence-corrected chi connectivity index (χ4v) is 1.27. The molecule has 0 spiro atoms. The van der Waals surface area contributed by atoms with E-state index < -0.39 is 5.91 Å². The molecule has 0 aliphatic heterocycles. The Labute approximate surface area is 97.7 Å². The molecule has 1 heterocycles. The van der Waals surface area contributed by atoms with E-state index in [1.54, 1.807) is 24.3 Å². The van der Waals surface area contributed by atoms with Crippen LogP contribution in [0.3, 0.4) is 0 Å². The molecule has 6 nitrogen and oxygen atoms in total. The van der Waals surface area contributed by atoms with Gasteiger partial charge in [-0.2, -0.15) is 0 Å². The Balaban J connectivity index is 2.13. The molecule has 0 fully saturated rings. The van der Waals surface area contributed by atoms with Crippen LogP contribution in [0, 0.1) is 0 Å². The van der Waals surface area contributed by atoms with Gasteiger partial charge in [0.1, 0.15) is 11.6 Å². The number of nitrogens with two attached hydrogens (primary N) is 2. The van der Waals surface area contributed by atoms with E-state index in [2.05, 4.69) is 15.3 Å². The zero-order valence-corrected chi connectivity index (χ0v) is 8.92. The van der Waals surface area contributed by atoms with E-state index in [1.165, 1.54) is 12.4 Å². The largest absolute Gasteiger partial charge is 0.382 e. The van der Waals surface area contributed by atoms with Crippen molar-refractivity contribution >= 4 is 23.2 Å².